The Morgan fingerprint density at radius 1 is 1.12 bits per heavy atom. The molecule has 1 aromatic heterocycles. The van der Waals surface area contributed by atoms with Crippen LogP contribution < -0.4 is 4.90 Å². The van der Waals surface area contributed by atoms with E-state index in [4.69, 9.17) is 0 Å². The second-order valence-electron chi connectivity index (χ2n) is 5.66. The van der Waals surface area contributed by atoms with Gasteiger partial charge in [0.1, 0.15) is 5.82 Å². The van der Waals surface area contributed by atoms with Crippen molar-refractivity contribution in [1.82, 2.24) is 15.2 Å². The molecule has 0 amide bonds. The first kappa shape index (κ1) is 9.02. The molecule has 1 N–H and O–H groups in total. The fourth-order valence-corrected chi connectivity index (χ4v) is 3.35. The fourth-order valence-electron chi connectivity index (χ4n) is 3.35. The van der Waals surface area contributed by atoms with Gasteiger partial charge in [0.15, 0.2) is 0 Å². The van der Waals surface area contributed by atoms with Crippen LogP contribution in [0.1, 0.15) is 43.8 Å². The lowest BCUT2D eigenvalue weighted by Gasteiger charge is -2.14. The lowest BCUT2D eigenvalue weighted by Crippen LogP contribution is -2.23. The lowest BCUT2D eigenvalue weighted by atomic mass is 10.1. The van der Waals surface area contributed by atoms with Crippen LogP contribution in [0.2, 0.25) is 0 Å². The van der Waals surface area contributed by atoms with Gasteiger partial charge in [-0.05, 0) is 31.1 Å². The molecule has 2 heterocycles. The van der Waals surface area contributed by atoms with Gasteiger partial charge in [-0.2, -0.15) is 4.98 Å². The van der Waals surface area contributed by atoms with Crippen molar-refractivity contribution in [1.29, 1.82) is 0 Å². The summed E-state index contributed by atoms with van der Waals surface area (Å²) in [4.78, 5) is 7.04. The van der Waals surface area contributed by atoms with Crippen molar-refractivity contribution in [2.24, 2.45) is 11.8 Å². The Hall–Kier alpha value is -1.06. The Kier molecular flexibility index (Phi) is 1.81. The molecule has 0 radical (unpaired) electrons. The minimum absolute atomic E-state index is 0.651. The second-order valence-corrected chi connectivity index (χ2v) is 5.66. The highest BCUT2D eigenvalue weighted by molar-refractivity contribution is 5.34. The molecule has 16 heavy (non-hydrogen) atoms. The molecule has 4 rings (SSSR count). The topological polar surface area (TPSA) is 44.8 Å². The third-order valence-electron chi connectivity index (χ3n) is 4.49. The third kappa shape index (κ3) is 1.35. The van der Waals surface area contributed by atoms with Crippen LogP contribution in [0.3, 0.4) is 0 Å². The molecule has 1 saturated heterocycles. The lowest BCUT2D eigenvalue weighted by molar-refractivity contribution is 0.671. The highest BCUT2D eigenvalue weighted by Gasteiger charge is 2.46. The van der Waals surface area contributed by atoms with Gasteiger partial charge in [-0.3, -0.25) is 5.10 Å². The molecule has 1 aromatic rings. The van der Waals surface area contributed by atoms with E-state index in [1.54, 1.807) is 0 Å². The Balaban J connectivity index is 1.51. The second kappa shape index (κ2) is 3.22. The number of aromatic nitrogens is 3. The van der Waals surface area contributed by atoms with Gasteiger partial charge >= 0.3 is 0 Å². The van der Waals surface area contributed by atoms with Crippen molar-refractivity contribution < 1.29 is 0 Å². The molecule has 3 fully saturated rings. The van der Waals surface area contributed by atoms with Gasteiger partial charge in [0.05, 0.1) is 0 Å². The molecule has 2 saturated carbocycles. The smallest absolute Gasteiger partial charge is 0.244 e. The van der Waals surface area contributed by atoms with Crippen LogP contribution in [0, 0.1) is 11.8 Å². The van der Waals surface area contributed by atoms with Crippen LogP contribution in [0.25, 0.3) is 0 Å². The van der Waals surface area contributed by atoms with Crippen LogP contribution in [-0.4, -0.2) is 28.3 Å². The minimum Gasteiger partial charge on any atom is -0.339 e. The maximum Gasteiger partial charge on any atom is 0.244 e. The van der Waals surface area contributed by atoms with Gasteiger partial charge in [-0.1, -0.05) is 12.8 Å². The van der Waals surface area contributed by atoms with Gasteiger partial charge < -0.3 is 4.90 Å². The van der Waals surface area contributed by atoms with E-state index in [-0.39, 0.29) is 0 Å². The van der Waals surface area contributed by atoms with Crippen molar-refractivity contribution in [3.63, 3.8) is 0 Å². The molecule has 0 aromatic carbocycles. The van der Waals surface area contributed by atoms with Crippen LogP contribution >= 0.6 is 0 Å². The normalized spacial score (nSPS) is 33.4. The van der Waals surface area contributed by atoms with E-state index in [1.165, 1.54) is 45.2 Å². The summed E-state index contributed by atoms with van der Waals surface area (Å²) in [6.07, 6.45) is 6.74. The molecule has 2 aliphatic carbocycles. The summed E-state index contributed by atoms with van der Waals surface area (Å²) in [5.74, 6) is 4.64. The molecule has 0 spiro atoms. The Labute approximate surface area is 95.4 Å². The molecule has 0 bridgehead atoms. The Morgan fingerprint density at radius 2 is 1.88 bits per heavy atom. The molecule has 4 heteroatoms. The first-order valence-electron chi connectivity index (χ1n) is 6.57. The number of rotatable bonds is 2. The molecule has 2 atom stereocenters. The number of fused-ring (bicyclic) bond motifs is 1. The number of piperidine rings is 1. The fraction of sp³-hybridized carbons (Fsp3) is 0.833. The van der Waals surface area contributed by atoms with E-state index in [2.05, 4.69) is 20.1 Å². The minimum atomic E-state index is 0.651. The predicted octanol–water partition coefficient (Wildman–Crippen LogP) is 1.92. The molecular formula is C12H18N4. The summed E-state index contributed by atoms with van der Waals surface area (Å²) in [6, 6.07) is 0. The third-order valence-corrected chi connectivity index (χ3v) is 4.49. The van der Waals surface area contributed by atoms with E-state index in [9.17, 15) is 0 Å². The largest absolute Gasteiger partial charge is 0.339 e. The molecular weight excluding hydrogens is 200 g/mol. The van der Waals surface area contributed by atoms with Crippen molar-refractivity contribution >= 4 is 5.95 Å². The molecule has 3 aliphatic rings. The SMILES string of the molecule is C1CCC(c2nc(N3CC4CC4C3)n[nH]2)C1. The van der Waals surface area contributed by atoms with Gasteiger partial charge in [0.25, 0.3) is 0 Å². The van der Waals surface area contributed by atoms with E-state index in [0.717, 1.165) is 23.6 Å². The highest BCUT2D eigenvalue weighted by atomic mass is 15.4. The monoisotopic (exact) mass is 218 g/mol. The summed E-state index contributed by atoms with van der Waals surface area (Å²) in [5, 5.41) is 7.54. The molecule has 2 unspecified atom stereocenters. The van der Waals surface area contributed by atoms with Gasteiger partial charge in [-0.15, -0.1) is 5.10 Å². The van der Waals surface area contributed by atoms with Gasteiger partial charge in [0.2, 0.25) is 5.95 Å². The summed E-state index contributed by atoms with van der Waals surface area (Å²) >= 11 is 0. The summed E-state index contributed by atoms with van der Waals surface area (Å²) in [5.41, 5.74) is 0. The Morgan fingerprint density at radius 3 is 2.62 bits per heavy atom. The van der Waals surface area contributed by atoms with E-state index in [0.29, 0.717) is 5.92 Å². The summed E-state index contributed by atoms with van der Waals surface area (Å²) < 4.78 is 0. The van der Waals surface area contributed by atoms with E-state index < -0.39 is 0 Å². The van der Waals surface area contributed by atoms with E-state index in [1.807, 2.05) is 0 Å². The van der Waals surface area contributed by atoms with Crippen LogP contribution in [-0.2, 0) is 0 Å². The number of nitrogens with zero attached hydrogens (tertiary/aromatic N) is 3. The van der Waals surface area contributed by atoms with Crippen molar-refractivity contribution in [2.45, 2.75) is 38.0 Å². The molecule has 86 valence electrons. The number of hydrogen-bond acceptors (Lipinski definition) is 3. The maximum absolute atomic E-state index is 4.69. The highest BCUT2D eigenvalue weighted by Crippen LogP contribution is 2.45. The standard InChI is InChI=1S/C12H18N4/c1-2-4-8(3-1)11-13-12(15-14-11)16-6-9-5-10(9)7-16/h8-10H,1-7H2,(H,13,14,15). The first-order chi connectivity index (χ1) is 7.90. The molecule has 4 nitrogen and oxygen atoms in total. The van der Waals surface area contributed by atoms with Gasteiger partial charge in [0, 0.05) is 19.0 Å². The van der Waals surface area contributed by atoms with Crippen molar-refractivity contribution in [3.8, 4) is 0 Å². The van der Waals surface area contributed by atoms with Gasteiger partial charge in [-0.25, -0.2) is 0 Å². The number of aromatic amines is 1. The number of H-pyrrole nitrogens is 1. The summed E-state index contributed by atoms with van der Waals surface area (Å²) in [6.45, 7) is 2.37. The van der Waals surface area contributed by atoms with Crippen LogP contribution in [0.5, 0.6) is 0 Å². The zero-order chi connectivity index (χ0) is 10.5. The molecule has 1 aliphatic heterocycles. The Bertz CT molecular complexity index is 383. The van der Waals surface area contributed by atoms with E-state index >= 15 is 0 Å². The quantitative estimate of drug-likeness (QED) is 0.824. The van der Waals surface area contributed by atoms with Crippen LogP contribution in [0.15, 0.2) is 0 Å². The summed E-state index contributed by atoms with van der Waals surface area (Å²) in [7, 11) is 0. The van der Waals surface area contributed by atoms with Crippen molar-refractivity contribution in [2.75, 3.05) is 18.0 Å². The zero-order valence-electron chi connectivity index (χ0n) is 9.52. The average molecular weight is 218 g/mol. The zero-order valence-corrected chi connectivity index (χ0v) is 9.52. The maximum atomic E-state index is 4.69. The predicted molar refractivity (Wildman–Crippen MR) is 61.4 cm³/mol. The number of nitrogens with one attached hydrogen (secondary N) is 1. The number of hydrogen-bond donors (Lipinski definition) is 1. The number of anilines is 1. The van der Waals surface area contributed by atoms with Crippen molar-refractivity contribution in [3.05, 3.63) is 5.82 Å². The first-order valence-corrected chi connectivity index (χ1v) is 6.57. The van der Waals surface area contributed by atoms with Crippen LogP contribution in [0.4, 0.5) is 5.95 Å². The average Bonchev–Trinajstić information content (AvgIpc) is 2.86.